The molecule has 0 unspecified atom stereocenters. The summed E-state index contributed by atoms with van der Waals surface area (Å²) in [5.41, 5.74) is 4.05. The molecule has 0 amide bonds. The second-order valence-electron chi connectivity index (χ2n) is 4.92. The molecule has 20 heavy (non-hydrogen) atoms. The Kier molecular flexibility index (Phi) is 4.23. The molecule has 0 fully saturated rings. The fraction of sp³-hybridized carbons (Fsp3) is 0.375. The van der Waals surface area contributed by atoms with E-state index < -0.39 is 0 Å². The molecule has 0 N–H and O–H groups in total. The van der Waals surface area contributed by atoms with Crippen LogP contribution in [0, 0.1) is 20.8 Å². The summed E-state index contributed by atoms with van der Waals surface area (Å²) in [4.78, 5) is 11.5. The van der Waals surface area contributed by atoms with Crippen LogP contribution in [0.15, 0.2) is 24.3 Å². The Labute approximate surface area is 119 Å². The molecular formula is C16H20N2O2. The summed E-state index contributed by atoms with van der Waals surface area (Å²) in [7, 11) is 0. The molecule has 1 aromatic heterocycles. The smallest absolute Gasteiger partial charge is 0.163 e. The number of aryl methyl sites for hydroxylation is 1. The van der Waals surface area contributed by atoms with Crippen LogP contribution in [0.3, 0.4) is 0 Å². The van der Waals surface area contributed by atoms with Crippen molar-refractivity contribution in [3.05, 3.63) is 46.8 Å². The van der Waals surface area contributed by atoms with Crippen molar-refractivity contribution < 1.29 is 9.53 Å². The van der Waals surface area contributed by atoms with Crippen LogP contribution in [0.4, 0.5) is 0 Å². The Morgan fingerprint density at radius 2 is 1.95 bits per heavy atom. The first-order valence-electron chi connectivity index (χ1n) is 6.74. The molecule has 0 aliphatic carbocycles. The van der Waals surface area contributed by atoms with E-state index in [-0.39, 0.29) is 5.78 Å². The maximum Gasteiger partial charge on any atom is 0.163 e. The molecule has 0 saturated heterocycles. The zero-order chi connectivity index (χ0) is 14.7. The first-order valence-corrected chi connectivity index (χ1v) is 6.74. The Morgan fingerprint density at radius 3 is 2.55 bits per heavy atom. The van der Waals surface area contributed by atoms with Gasteiger partial charge in [0.1, 0.15) is 12.4 Å². The lowest BCUT2D eigenvalue weighted by molar-refractivity contribution is 0.101. The maximum atomic E-state index is 11.5. The fourth-order valence-electron chi connectivity index (χ4n) is 2.13. The first kappa shape index (κ1) is 14.3. The Morgan fingerprint density at radius 1 is 1.25 bits per heavy atom. The minimum absolute atomic E-state index is 0.0163. The predicted octanol–water partition coefficient (Wildman–Crippen LogP) is 3.09. The van der Waals surface area contributed by atoms with Gasteiger partial charge in [0, 0.05) is 5.69 Å². The van der Waals surface area contributed by atoms with E-state index in [9.17, 15) is 4.79 Å². The predicted molar refractivity (Wildman–Crippen MR) is 78.4 cm³/mol. The number of ketones is 1. The number of carbonyl (C=O) groups excluding carboxylic acids is 1. The van der Waals surface area contributed by atoms with Crippen molar-refractivity contribution in [1.29, 1.82) is 0 Å². The van der Waals surface area contributed by atoms with Crippen LogP contribution in [0.5, 0.6) is 5.75 Å². The van der Waals surface area contributed by atoms with Gasteiger partial charge in [-0.05, 0) is 45.4 Å². The van der Waals surface area contributed by atoms with Crippen LogP contribution in [0.2, 0.25) is 0 Å². The van der Waals surface area contributed by atoms with E-state index in [1.54, 1.807) is 13.0 Å². The third kappa shape index (κ3) is 2.90. The monoisotopic (exact) mass is 272 g/mol. The molecular weight excluding hydrogens is 252 g/mol. The minimum Gasteiger partial charge on any atom is -0.491 e. The molecule has 1 aromatic carbocycles. The fourth-order valence-corrected chi connectivity index (χ4v) is 2.13. The van der Waals surface area contributed by atoms with Crippen LogP contribution in [-0.4, -0.2) is 22.2 Å². The highest BCUT2D eigenvalue weighted by molar-refractivity contribution is 5.96. The van der Waals surface area contributed by atoms with E-state index in [1.165, 1.54) is 5.56 Å². The van der Waals surface area contributed by atoms with Gasteiger partial charge in [-0.1, -0.05) is 12.1 Å². The molecule has 0 bridgehead atoms. The number of benzene rings is 1. The topological polar surface area (TPSA) is 44.1 Å². The largest absolute Gasteiger partial charge is 0.491 e. The van der Waals surface area contributed by atoms with Gasteiger partial charge < -0.3 is 4.74 Å². The molecule has 0 saturated carbocycles. The summed E-state index contributed by atoms with van der Waals surface area (Å²) in [5, 5.41) is 4.47. The molecule has 106 valence electrons. The van der Waals surface area contributed by atoms with Gasteiger partial charge in [0.15, 0.2) is 5.78 Å². The highest BCUT2D eigenvalue weighted by Crippen LogP contribution is 2.18. The molecule has 0 spiro atoms. The van der Waals surface area contributed by atoms with Crippen molar-refractivity contribution >= 4 is 5.78 Å². The van der Waals surface area contributed by atoms with E-state index in [0.29, 0.717) is 24.5 Å². The molecule has 0 aliphatic rings. The summed E-state index contributed by atoms with van der Waals surface area (Å²) in [5.74, 6) is 0.654. The van der Waals surface area contributed by atoms with Crippen LogP contribution in [-0.2, 0) is 6.54 Å². The van der Waals surface area contributed by atoms with Gasteiger partial charge in [0.25, 0.3) is 0 Å². The lowest BCUT2D eigenvalue weighted by Gasteiger charge is -2.10. The summed E-state index contributed by atoms with van der Waals surface area (Å²) < 4.78 is 7.67. The number of ether oxygens (including phenoxy) is 1. The van der Waals surface area contributed by atoms with Gasteiger partial charge in [-0.2, -0.15) is 5.10 Å². The second kappa shape index (κ2) is 5.90. The van der Waals surface area contributed by atoms with E-state index >= 15 is 0 Å². The zero-order valence-electron chi connectivity index (χ0n) is 12.4. The highest BCUT2D eigenvalue weighted by Gasteiger charge is 2.09. The zero-order valence-corrected chi connectivity index (χ0v) is 12.4. The number of hydrogen-bond acceptors (Lipinski definition) is 3. The van der Waals surface area contributed by atoms with Crippen molar-refractivity contribution in [2.45, 2.75) is 34.2 Å². The van der Waals surface area contributed by atoms with Crippen LogP contribution < -0.4 is 4.74 Å². The van der Waals surface area contributed by atoms with Crippen molar-refractivity contribution in [2.24, 2.45) is 0 Å². The number of carbonyl (C=O) groups is 1. The summed E-state index contributed by atoms with van der Waals surface area (Å²) in [6, 6.07) is 7.32. The van der Waals surface area contributed by atoms with Gasteiger partial charge in [-0.3, -0.25) is 9.48 Å². The third-order valence-corrected chi connectivity index (χ3v) is 3.57. The molecule has 4 heteroatoms. The summed E-state index contributed by atoms with van der Waals surface area (Å²) in [6.07, 6.45) is 0. The maximum absolute atomic E-state index is 11.5. The van der Waals surface area contributed by atoms with E-state index in [1.807, 2.05) is 29.8 Å². The molecule has 0 radical (unpaired) electrons. The van der Waals surface area contributed by atoms with Crippen LogP contribution in [0.1, 0.15) is 34.2 Å². The summed E-state index contributed by atoms with van der Waals surface area (Å²) >= 11 is 0. The average Bonchev–Trinajstić information content (AvgIpc) is 2.67. The SMILES string of the molecule is CC(=O)c1ccccc1OCCn1nc(C)c(C)c1C. The van der Waals surface area contributed by atoms with E-state index in [0.717, 1.165) is 11.4 Å². The Hall–Kier alpha value is -2.10. The molecule has 1 heterocycles. The van der Waals surface area contributed by atoms with Crippen LogP contribution in [0.25, 0.3) is 0 Å². The normalized spacial score (nSPS) is 10.6. The minimum atomic E-state index is 0.0163. The van der Waals surface area contributed by atoms with Crippen molar-refractivity contribution in [1.82, 2.24) is 9.78 Å². The number of Topliss-reactive ketones (excluding diaryl/α,β-unsaturated/α-hetero) is 1. The number of aromatic nitrogens is 2. The van der Waals surface area contributed by atoms with Crippen LogP contribution >= 0.6 is 0 Å². The molecule has 0 aliphatic heterocycles. The van der Waals surface area contributed by atoms with E-state index in [4.69, 9.17) is 4.74 Å². The number of hydrogen-bond donors (Lipinski definition) is 0. The average molecular weight is 272 g/mol. The Bertz CT molecular complexity index is 629. The first-order chi connectivity index (χ1) is 9.50. The second-order valence-corrected chi connectivity index (χ2v) is 4.92. The Balaban J connectivity index is 2.03. The van der Waals surface area contributed by atoms with Gasteiger partial charge in [-0.25, -0.2) is 0 Å². The molecule has 4 nitrogen and oxygen atoms in total. The van der Waals surface area contributed by atoms with E-state index in [2.05, 4.69) is 18.9 Å². The number of para-hydroxylation sites is 1. The molecule has 2 rings (SSSR count). The molecule has 2 aromatic rings. The van der Waals surface area contributed by atoms with Gasteiger partial charge >= 0.3 is 0 Å². The number of rotatable bonds is 5. The van der Waals surface area contributed by atoms with Crippen molar-refractivity contribution in [3.8, 4) is 5.75 Å². The summed E-state index contributed by atoms with van der Waals surface area (Å²) in [6.45, 7) is 8.84. The lowest BCUT2D eigenvalue weighted by atomic mass is 10.1. The van der Waals surface area contributed by atoms with Gasteiger partial charge in [-0.15, -0.1) is 0 Å². The van der Waals surface area contributed by atoms with Crippen molar-refractivity contribution in [2.75, 3.05) is 6.61 Å². The molecule has 0 atom stereocenters. The third-order valence-electron chi connectivity index (χ3n) is 3.57. The van der Waals surface area contributed by atoms with Gasteiger partial charge in [0.05, 0.1) is 17.8 Å². The quantitative estimate of drug-likeness (QED) is 0.786. The lowest BCUT2D eigenvalue weighted by Crippen LogP contribution is -2.12. The number of nitrogens with zero attached hydrogens (tertiary/aromatic N) is 2. The van der Waals surface area contributed by atoms with Gasteiger partial charge in [0.2, 0.25) is 0 Å². The van der Waals surface area contributed by atoms with Crippen molar-refractivity contribution in [3.63, 3.8) is 0 Å². The standard InChI is InChI=1S/C16H20N2O2/c1-11-12(2)17-18(13(11)3)9-10-20-16-8-6-5-7-15(16)14(4)19/h5-8H,9-10H2,1-4H3. The highest BCUT2D eigenvalue weighted by atomic mass is 16.5.